The number of allylic oxidation sites excluding steroid dienone is 4. The fourth-order valence-electron chi connectivity index (χ4n) is 3.45. The molecule has 4 nitrogen and oxygen atoms in total. The lowest BCUT2D eigenvalue weighted by atomic mass is 9.82. The maximum atomic E-state index is 14.2. The smallest absolute Gasteiger partial charge is 0.410 e. The van der Waals surface area contributed by atoms with Gasteiger partial charge in [0.1, 0.15) is 17.2 Å². The third kappa shape index (κ3) is 7.11. The van der Waals surface area contributed by atoms with E-state index < -0.39 is 5.60 Å². The molecule has 27 heavy (non-hydrogen) atoms. The quantitative estimate of drug-likeness (QED) is 0.618. The maximum Gasteiger partial charge on any atom is 0.410 e. The maximum absolute atomic E-state index is 14.2. The fraction of sp³-hybridized carbons (Fsp3) is 0.727. The average Bonchev–Trinajstić information content (AvgIpc) is 2.85. The minimum Gasteiger partial charge on any atom is -0.444 e. The van der Waals surface area contributed by atoms with E-state index in [9.17, 15) is 14.0 Å². The van der Waals surface area contributed by atoms with Crippen LogP contribution in [0.4, 0.5) is 9.18 Å². The summed E-state index contributed by atoms with van der Waals surface area (Å²) in [6.45, 7) is 12.4. The van der Waals surface area contributed by atoms with E-state index in [1.807, 2.05) is 47.6 Å². The zero-order valence-corrected chi connectivity index (χ0v) is 17.8. The number of rotatable bonds is 3. The molecule has 0 spiro atoms. The van der Waals surface area contributed by atoms with Gasteiger partial charge < -0.3 is 9.64 Å². The van der Waals surface area contributed by atoms with E-state index in [1.54, 1.807) is 4.90 Å². The van der Waals surface area contributed by atoms with E-state index >= 15 is 0 Å². The van der Waals surface area contributed by atoms with Crippen LogP contribution >= 0.6 is 0 Å². The largest absolute Gasteiger partial charge is 0.444 e. The Hall–Kier alpha value is -1.65. The lowest BCUT2D eigenvalue weighted by Gasteiger charge is -2.34. The van der Waals surface area contributed by atoms with E-state index in [0.29, 0.717) is 37.9 Å². The van der Waals surface area contributed by atoms with Gasteiger partial charge in [-0.1, -0.05) is 26.8 Å². The first-order valence-electron chi connectivity index (χ1n) is 10.3. The van der Waals surface area contributed by atoms with Crippen LogP contribution in [0.25, 0.3) is 0 Å². The second-order valence-corrected chi connectivity index (χ2v) is 8.03. The third-order valence-electron chi connectivity index (χ3n) is 4.89. The molecule has 1 fully saturated rings. The number of Topliss-reactive ketones (excluding diaryl/α,β-unsaturated/α-hetero) is 1. The fourth-order valence-corrected chi connectivity index (χ4v) is 3.45. The molecule has 1 amide bonds. The van der Waals surface area contributed by atoms with Gasteiger partial charge in [-0.3, -0.25) is 4.79 Å². The number of ether oxygens (including phenoxy) is 1. The van der Waals surface area contributed by atoms with Crippen molar-refractivity contribution in [2.24, 2.45) is 11.8 Å². The zero-order chi connectivity index (χ0) is 20.6. The van der Waals surface area contributed by atoms with Crippen LogP contribution in [0.2, 0.25) is 0 Å². The molecule has 0 bridgehead atoms. The van der Waals surface area contributed by atoms with Gasteiger partial charge in [-0.25, -0.2) is 9.18 Å². The van der Waals surface area contributed by atoms with Crippen molar-refractivity contribution in [1.29, 1.82) is 0 Å². The summed E-state index contributed by atoms with van der Waals surface area (Å²) in [4.78, 5) is 26.6. The molecule has 2 aliphatic rings. The Labute approximate surface area is 163 Å². The number of carbonyl (C=O) groups is 2. The van der Waals surface area contributed by atoms with Gasteiger partial charge in [0.15, 0.2) is 0 Å². The number of amides is 1. The monoisotopic (exact) mass is 381 g/mol. The Bertz CT molecular complexity index is 567. The van der Waals surface area contributed by atoms with Crippen LogP contribution in [0, 0.1) is 11.8 Å². The molecule has 0 radical (unpaired) electrons. The molecule has 1 unspecified atom stereocenters. The Balaban J connectivity index is 0.00000176. The van der Waals surface area contributed by atoms with E-state index in [2.05, 4.69) is 0 Å². The van der Waals surface area contributed by atoms with Gasteiger partial charge in [-0.2, -0.15) is 0 Å². The van der Waals surface area contributed by atoms with Gasteiger partial charge in [0.05, 0.1) is 0 Å². The molecule has 1 heterocycles. The highest BCUT2D eigenvalue weighted by Gasteiger charge is 2.33. The van der Waals surface area contributed by atoms with Gasteiger partial charge in [0, 0.05) is 24.9 Å². The zero-order valence-electron chi connectivity index (χ0n) is 17.8. The van der Waals surface area contributed by atoms with Crippen LogP contribution in [-0.4, -0.2) is 35.5 Å². The van der Waals surface area contributed by atoms with Crippen molar-refractivity contribution in [3.05, 3.63) is 23.6 Å². The highest BCUT2D eigenvalue weighted by atomic mass is 19.1. The van der Waals surface area contributed by atoms with Crippen molar-refractivity contribution in [3.63, 3.8) is 0 Å². The van der Waals surface area contributed by atoms with Gasteiger partial charge in [-0.05, 0) is 64.5 Å². The second kappa shape index (κ2) is 10.6. The topological polar surface area (TPSA) is 46.6 Å². The van der Waals surface area contributed by atoms with E-state index in [4.69, 9.17) is 4.74 Å². The van der Waals surface area contributed by atoms with Gasteiger partial charge in [0.25, 0.3) is 0 Å². The first kappa shape index (κ1) is 23.4. The second-order valence-electron chi connectivity index (χ2n) is 8.03. The number of nitrogens with zero attached hydrogens (tertiary/aromatic N) is 1. The molecule has 1 atom stereocenters. The minimum atomic E-state index is -0.519. The van der Waals surface area contributed by atoms with Crippen LogP contribution < -0.4 is 0 Å². The van der Waals surface area contributed by atoms with Crippen LogP contribution in [0.3, 0.4) is 0 Å². The normalized spacial score (nSPS) is 19.7. The molecular formula is C22H36FNO3. The van der Waals surface area contributed by atoms with Crippen molar-refractivity contribution in [2.75, 3.05) is 13.1 Å². The van der Waals surface area contributed by atoms with Crippen molar-refractivity contribution in [2.45, 2.75) is 79.2 Å². The van der Waals surface area contributed by atoms with Crippen molar-refractivity contribution < 1.29 is 18.7 Å². The Kier molecular flexibility index (Phi) is 9.20. The van der Waals surface area contributed by atoms with E-state index in [1.165, 1.54) is 6.08 Å². The van der Waals surface area contributed by atoms with Gasteiger partial charge in [0.2, 0.25) is 0 Å². The molecule has 5 heteroatoms. The molecular weight excluding hydrogens is 345 g/mol. The molecule has 0 N–H and O–H groups in total. The molecule has 0 aromatic carbocycles. The summed E-state index contributed by atoms with van der Waals surface area (Å²) in [5.41, 5.74) is 0.114. The summed E-state index contributed by atoms with van der Waals surface area (Å²) in [6, 6.07) is 0. The molecule has 1 aliphatic carbocycles. The first-order valence-corrected chi connectivity index (χ1v) is 10.3. The molecule has 0 aromatic rings. The highest BCUT2D eigenvalue weighted by molar-refractivity contribution is 5.86. The first-order chi connectivity index (χ1) is 12.7. The number of hydrogen-bond acceptors (Lipinski definition) is 3. The van der Waals surface area contributed by atoms with E-state index in [-0.39, 0.29) is 29.5 Å². The third-order valence-corrected chi connectivity index (χ3v) is 4.89. The van der Waals surface area contributed by atoms with Crippen molar-refractivity contribution in [3.8, 4) is 0 Å². The molecule has 154 valence electrons. The number of halogens is 1. The van der Waals surface area contributed by atoms with Crippen molar-refractivity contribution >= 4 is 11.9 Å². The van der Waals surface area contributed by atoms with Gasteiger partial charge >= 0.3 is 6.09 Å². The number of hydrogen-bond donors (Lipinski definition) is 0. The van der Waals surface area contributed by atoms with Crippen LogP contribution in [0.5, 0.6) is 0 Å². The van der Waals surface area contributed by atoms with Crippen LogP contribution in [0.15, 0.2) is 23.6 Å². The molecule has 0 aromatic heterocycles. The Morgan fingerprint density at radius 3 is 2.37 bits per heavy atom. The summed E-state index contributed by atoms with van der Waals surface area (Å²) in [7, 11) is 0. The highest BCUT2D eigenvalue weighted by Crippen LogP contribution is 2.31. The number of likely N-dealkylation sites (tertiary alicyclic amines) is 1. The standard InChI is InChI=1S/C20H30FNO3.C2H6/c1-14(16-8-6-5-7-9-17(16)21)18(23)15-10-12-22(13-11-15)19(24)25-20(2,3)4;1-2/h7,9,14-15H,5-6,8,10-13H2,1-4H3;1-2H3. The van der Waals surface area contributed by atoms with Crippen molar-refractivity contribution in [1.82, 2.24) is 4.90 Å². The SMILES string of the molecule is CC.CC(C(=O)C1CCN(C(=O)OC(C)(C)C)CC1)C1=C(F)C=CCCC1. The minimum absolute atomic E-state index is 0.101. The lowest BCUT2D eigenvalue weighted by molar-refractivity contribution is -0.126. The molecule has 1 aliphatic heterocycles. The van der Waals surface area contributed by atoms with Gasteiger partial charge in [-0.15, -0.1) is 0 Å². The predicted octanol–water partition coefficient (Wildman–Crippen LogP) is 5.83. The summed E-state index contributed by atoms with van der Waals surface area (Å²) in [6.07, 6.45) is 6.62. The number of piperidine rings is 1. The summed E-state index contributed by atoms with van der Waals surface area (Å²) >= 11 is 0. The van der Waals surface area contributed by atoms with E-state index in [0.717, 1.165) is 12.8 Å². The average molecular weight is 382 g/mol. The summed E-state index contributed by atoms with van der Waals surface area (Å²) in [5.74, 6) is -0.643. The van der Waals surface area contributed by atoms with Crippen LogP contribution in [-0.2, 0) is 9.53 Å². The Morgan fingerprint density at radius 1 is 1.22 bits per heavy atom. The molecule has 2 rings (SSSR count). The van der Waals surface area contributed by atoms with Crippen LogP contribution in [0.1, 0.15) is 73.6 Å². The summed E-state index contributed by atoms with van der Waals surface area (Å²) in [5, 5.41) is 0. The Morgan fingerprint density at radius 2 is 1.81 bits per heavy atom. The summed E-state index contributed by atoms with van der Waals surface area (Å²) < 4.78 is 19.6. The number of ketones is 1. The predicted molar refractivity (Wildman–Crippen MR) is 107 cm³/mol. The lowest BCUT2D eigenvalue weighted by Crippen LogP contribution is -2.43. The molecule has 1 saturated heterocycles. The number of carbonyl (C=O) groups excluding carboxylic acids is 2. The molecule has 0 saturated carbocycles.